The number of hydrogen-bond donors (Lipinski definition) is 1. The molecule has 0 aliphatic rings. The Morgan fingerprint density at radius 2 is 1.94 bits per heavy atom. The van der Waals surface area contributed by atoms with Gasteiger partial charge in [-0.3, -0.25) is 0 Å². The van der Waals surface area contributed by atoms with Gasteiger partial charge in [0.1, 0.15) is 22.3 Å². The third-order valence-electron chi connectivity index (χ3n) is 1.84. The Labute approximate surface area is 105 Å². The molecule has 0 unspecified atom stereocenters. The quantitative estimate of drug-likeness (QED) is 0.917. The van der Waals surface area contributed by atoms with E-state index in [9.17, 15) is 17.2 Å². The minimum absolute atomic E-state index is 0. The topological polar surface area (TPSA) is 60.2 Å². The monoisotopic (exact) mass is 283 g/mol. The molecular formula is C10H12ClF2NO2S. The number of sulfone groups is 1. The second-order valence-electron chi connectivity index (χ2n) is 3.08. The second-order valence-corrected chi connectivity index (χ2v) is 5.03. The van der Waals surface area contributed by atoms with E-state index in [-0.39, 0.29) is 19.0 Å². The van der Waals surface area contributed by atoms with Crippen LogP contribution in [0.1, 0.15) is 0 Å². The fraction of sp³-hybridized carbons (Fsp3) is 0.200. The van der Waals surface area contributed by atoms with E-state index in [2.05, 4.69) is 0 Å². The molecule has 0 saturated heterocycles. The lowest BCUT2D eigenvalue weighted by Crippen LogP contribution is -2.10. The molecule has 0 radical (unpaired) electrons. The van der Waals surface area contributed by atoms with Crippen molar-refractivity contribution in [2.45, 2.75) is 4.90 Å². The molecule has 1 aromatic rings. The highest BCUT2D eigenvalue weighted by atomic mass is 35.5. The molecule has 0 fully saturated rings. The summed E-state index contributed by atoms with van der Waals surface area (Å²) in [7, 11) is -3.99. The third kappa shape index (κ3) is 4.41. The summed E-state index contributed by atoms with van der Waals surface area (Å²) < 4.78 is 49.3. The largest absolute Gasteiger partial charge is 0.327 e. The number of halogens is 3. The Balaban J connectivity index is 0.00000256. The zero-order chi connectivity index (χ0) is 12.2. The second kappa shape index (κ2) is 6.68. The maximum atomic E-state index is 13.2. The van der Waals surface area contributed by atoms with Crippen molar-refractivity contribution in [1.82, 2.24) is 0 Å². The maximum absolute atomic E-state index is 13.2. The lowest BCUT2D eigenvalue weighted by Gasteiger charge is -2.03. The molecule has 1 rings (SSSR count). The summed E-state index contributed by atoms with van der Waals surface area (Å²) in [4.78, 5) is -0.504. The SMILES string of the molecule is Cl.NC/C=C(\F)CS(=O)(=O)c1ccccc1F. The number of hydrogen-bond acceptors (Lipinski definition) is 3. The van der Waals surface area contributed by atoms with E-state index in [1.807, 2.05) is 0 Å². The van der Waals surface area contributed by atoms with E-state index in [0.29, 0.717) is 0 Å². The summed E-state index contributed by atoms with van der Waals surface area (Å²) in [6.45, 7) is -0.0986. The number of rotatable bonds is 4. The predicted octanol–water partition coefficient (Wildman–Crippen LogP) is 1.83. The zero-order valence-corrected chi connectivity index (χ0v) is 10.4. The van der Waals surface area contributed by atoms with Crippen LogP contribution in [0, 0.1) is 5.82 Å². The van der Waals surface area contributed by atoms with Crippen molar-refractivity contribution in [3.8, 4) is 0 Å². The summed E-state index contributed by atoms with van der Waals surface area (Å²) >= 11 is 0. The molecule has 0 heterocycles. The normalized spacial score (nSPS) is 12.1. The molecular weight excluding hydrogens is 272 g/mol. The highest BCUT2D eigenvalue weighted by Gasteiger charge is 2.20. The molecule has 0 atom stereocenters. The number of benzene rings is 1. The summed E-state index contributed by atoms with van der Waals surface area (Å²) in [5.41, 5.74) is 5.03. The van der Waals surface area contributed by atoms with E-state index in [1.165, 1.54) is 12.1 Å². The van der Waals surface area contributed by atoms with Crippen molar-refractivity contribution in [2.24, 2.45) is 5.73 Å². The molecule has 0 aliphatic carbocycles. The van der Waals surface area contributed by atoms with Crippen LogP contribution in [0.3, 0.4) is 0 Å². The van der Waals surface area contributed by atoms with Gasteiger partial charge in [0.2, 0.25) is 0 Å². The van der Waals surface area contributed by atoms with Crippen molar-refractivity contribution in [3.63, 3.8) is 0 Å². The Kier molecular flexibility index (Phi) is 6.30. The average molecular weight is 284 g/mol. The van der Waals surface area contributed by atoms with Crippen molar-refractivity contribution in [1.29, 1.82) is 0 Å². The molecule has 96 valence electrons. The van der Waals surface area contributed by atoms with Gasteiger partial charge in [-0.25, -0.2) is 17.2 Å². The molecule has 0 spiro atoms. The molecule has 0 aromatic heterocycles. The fourth-order valence-electron chi connectivity index (χ4n) is 1.14. The van der Waals surface area contributed by atoms with Gasteiger partial charge in [0.15, 0.2) is 9.84 Å². The Hall–Kier alpha value is -0.980. The maximum Gasteiger partial charge on any atom is 0.187 e. The Morgan fingerprint density at radius 3 is 2.47 bits per heavy atom. The van der Waals surface area contributed by atoms with Gasteiger partial charge in [0.25, 0.3) is 0 Å². The Morgan fingerprint density at radius 1 is 1.35 bits per heavy atom. The van der Waals surface area contributed by atoms with Gasteiger partial charge < -0.3 is 5.73 Å². The first-order chi connectivity index (χ1) is 7.47. The van der Waals surface area contributed by atoms with Crippen molar-refractivity contribution in [2.75, 3.05) is 12.3 Å². The van der Waals surface area contributed by atoms with Crippen LogP contribution in [-0.4, -0.2) is 20.7 Å². The van der Waals surface area contributed by atoms with E-state index in [4.69, 9.17) is 5.73 Å². The van der Waals surface area contributed by atoms with E-state index in [0.717, 1.165) is 18.2 Å². The van der Waals surface area contributed by atoms with Gasteiger partial charge in [0.05, 0.1) is 0 Å². The van der Waals surface area contributed by atoms with Crippen LogP contribution in [0.25, 0.3) is 0 Å². The first-order valence-corrected chi connectivity index (χ1v) is 6.14. The van der Waals surface area contributed by atoms with E-state index < -0.39 is 32.1 Å². The van der Waals surface area contributed by atoms with Gasteiger partial charge >= 0.3 is 0 Å². The molecule has 17 heavy (non-hydrogen) atoms. The molecule has 0 aliphatic heterocycles. The van der Waals surface area contributed by atoms with Gasteiger partial charge in [0, 0.05) is 6.54 Å². The molecule has 2 N–H and O–H groups in total. The molecule has 1 aromatic carbocycles. The van der Waals surface area contributed by atoms with E-state index in [1.54, 1.807) is 0 Å². The molecule has 3 nitrogen and oxygen atoms in total. The summed E-state index contributed by atoms with van der Waals surface area (Å²) in [6.07, 6.45) is 0.943. The molecule has 0 bridgehead atoms. The van der Waals surface area contributed by atoms with Crippen LogP contribution in [0.2, 0.25) is 0 Å². The first kappa shape index (κ1) is 16.0. The van der Waals surface area contributed by atoms with Gasteiger partial charge in [-0.1, -0.05) is 12.1 Å². The van der Waals surface area contributed by atoms with Gasteiger partial charge in [-0.15, -0.1) is 12.4 Å². The minimum Gasteiger partial charge on any atom is -0.327 e. The smallest absolute Gasteiger partial charge is 0.187 e. The van der Waals surface area contributed by atoms with Crippen LogP contribution >= 0.6 is 12.4 Å². The van der Waals surface area contributed by atoms with Crippen LogP contribution in [-0.2, 0) is 9.84 Å². The molecule has 0 amide bonds. The predicted molar refractivity (Wildman–Crippen MR) is 63.9 cm³/mol. The van der Waals surface area contributed by atoms with Gasteiger partial charge in [-0.2, -0.15) is 0 Å². The van der Waals surface area contributed by atoms with Crippen LogP contribution in [0.4, 0.5) is 8.78 Å². The highest BCUT2D eigenvalue weighted by Crippen LogP contribution is 2.17. The molecule has 0 saturated carbocycles. The Bertz CT molecular complexity index is 503. The lowest BCUT2D eigenvalue weighted by atomic mass is 10.3. The van der Waals surface area contributed by atoms with Crippen molar-refractivity contribution < 1.29 is 17.2 Å². The van der Waals surface area contributed by atoms with E-state index >= 15 is 0 Å². The first-order valence-electron chi connectivity index (χ1n) is 4.49. The average Bonchev–Trinajstić information content (AvgIpc) is 2.17. The lowest BCUT2D eigenvalue weighted by molar-refractivity contribution is 0.561. The fourth-order valence-corrected chi connectivity index (χ4v) is 2.43. The summed E-state index contributed by atoms with van der Waals surface area (Å²) in [6, 6.07) is 4.85. The van der Waals surface area contributed by atoms with Crippen LogP contribution in [0.5, 0.6) is 0 Å². The zero-order valence-electron chi connectivity index (χ0n) is 8.77. The number of nitrogens with two attached hydrogens (primary N) is 1. The van der Waals surface area contributed by atoms with Crippen molar-refractivity contribution in [3.05, 3.63) is 42.0 Å². The standard InChI is InChI=1S/C10H11F2NO2S.ClH/c11-8(5-6-13)7-16(14,15)10-4-2-1-3-9(10)12;/h1-5H,6-7,13H2;1H/b8-5-;. The third-order valence-corrected chi connectivity index (χ3v) is 3.50. The minimum atomic E-state index is -3.99. The van der Waals surface area contributed by atoms with Crippen LogP contribution < -0.4 is 5.73 Å². The summed E-state index contributed by atoms with van der Waals surface area (Å²) in [5, 5.41) is 0. The highest BCUT2D eigenvalue weighted by molar-refractivity contribution is 7.91. The van der Waals surface area contributed by atoms with Crippen LogP contribution in [0.15, 0.2) is 41.1 Å². The van der Waals surface area contributed by atoms with Crippen molar-refractivity contribution >= 4 is 22.2 Å². The summed E-state index contributed by atoms with van der Waals surface area (Å²) in [5.74, 6) is -2.64. The van der Waals surface area contributed by atoms with Gasteiger partial charge in [-0.05, 0) is 18.2 Å². The molecule has 7 heteroatoms.